The van der Waals surface area contributed by atoms with Crippen LogP contribution in [-0.4, -0.2) is 29.6 Å². The fourth-order valence-corrected chi connectivity index (χ4v) is 3.38. The second-order valence-corrected chi connectivity index (χ2v) is 5.88. The molecule has 1 fully saturated rings. The highest BCUT2D eigenvalue weighted by Gasteiger charge is 2.37. The van der Waals surface area contributed by atoms with E-state index in [-0.39, 0.29) is 11.6 Å². The summed E-state index contributed by atoms with van der Waals surface area (Å²) in [6, 6.07) is 9.59. The number of hydrogen-bond acceptors (Lipinski definition) is 2. The van der Waals surface area contributed by atoms with E-state index in [1.807, 2.05) is 42.2 Å². The van der Waals surface area contributed by atoms with E-state index in [2.05, 4.69) is 5.32 Å². The standard InChI is InChI=1S/C17H27N3O/c1-2-20(16(21)19-15-10-6-5-7-11-15)17(14-18)12-8-3-4-9-13-17/h5-7,10-11H,2-4,8-9,12-14,18H2,1H3,(H,19,21). The number of benzene rings is 1. The quantitative estimate of drug-likeness (QED) is 0.832. The predicted molar refractivity (Wildman–Crippen MR) is 87.3 cm³/mol. The van der Waals surface area contributed by atoms with Gasteiger partial charge in [-0.25, -0.2) is 4.79 Å². The van der Waals surface area contributed by atoms with Crippen LogP contribution in [0.1, 0.15) is 45.4 Å². The molecule has 0 aliphatic heterocycles. The smallest absolute Gasteiger partial charge is 0.322 e. The number of hydrogen-bond donors (Lipinski definition) is 2. The minimum Gasteiger partial charge on any atom is -0.328 e. The van der Waals surface area contributed by atoms with E-state index >= 15 is 0 Å². The number of nitrogens with zero attached hydrogens (tertiary/aromatic N) is 1. The Hall–Kier alpha value is -1.55. The molecule has 21 heavy (non-hydrogen) atoms. The lowest BCUT2D eigenvalue weighted by atomic mass is 9.88. The van der Waals surface area contributed by atoms with Gasteiger partial charge < -0.3 is 16.0 Å². The Balaban J connectivity index is 2.14. The molecule has 1 saturated carbocycles. The molecule has 2 rings (SSSR count). The van der Waals surface area contributed by atoms with E-state index in [1.165, 1.54) is 12.8 Å². The number of amides is 2. The summed E-state index contributed by atoms with van der Waals surface area (Å²) in [4.78, 5) is 14.6. The monoisotopic (exact) mass is 289 g/mol. The summed E-state index contributed by atoms with van der Waals surface area (Å²) in [7, 11) is 0. The molecule has 4 heteroatoms. The van der Waals surface area contributed by atoms with Crippen LogP contribution in [0.4, 0.5) is 10.5 Å². The third-order valence-corrected chi connectivity index (χ3v) is 4.57. The zero-order chi connectivity index (χ0) is 15.1. The minimum absolute atomic E-state index is 0.0314. The molecule has 0 unspecified atom stereocenters. The van der Waals surface area contributed by atoms with Gasteiger partial charge in [0, 0.05) is 18.8 Å². The number of para-hydroxylation sites is 1. The molecule has 0 bridgehead atoms. The van der Waals surface area contributed by atoms with Crippen LogP contribution < -0.4 is 11.1 Å². The van der Waals surface area contributed by atoms with Crippen molar-refractivity contribution in [1.82, 2.24) is 4.90 Å². The maximum atomic E-state index is 12.7. The summed E-state index contributed by atoms with van der Waals surface area (Å²) in [5.41, 5.74) is 6.75. The highest BCUT2D eigenvalue weighted by molar-refractivity contribution is 5.89. The van der Waals surface area contributed by atoms with Crippen LogP contribution in [0.3, 0.4) is 0 Å². The lowest BCUT2D eigenvalue weighted by Crippen LogP contribution is -2.57. The summed E-state index contributed by atoms with van der Waals surface area (Å²) in [5, 5.41) is 3.00. The third kappa shape index (κ3) is 3.76. The van der Waals surface area contributed by atoms with Gasteiger partial charge in [-0.1, -0.05) is 43.9 Å². The van der Waals surface area contributed by atoms with Gasteiger partial charge in [0.05, 0.1) is 5.54 Å². The molecule has 0 aromatic heterocycles. The Labute approximate surface area is 127 Å². The molecule has 1 aliphatic carbocycles. The number of carbonyl (C=O) groups excluding carboxylic acids is 1. The van der Waals surface area contributed by atoms with Crippen LogP contribution >= 0.6 is 0 Å². The van der Waals surface area contributed by atoms with Crippen LogP contribution in [-0.2, 0) is 0 Å². The van der Waals surface area contributed by atoms with E-state index in [9.17, 15) is 4.79 Å². The number of likely N-dealkylation sites (N-methyl/N-ethyl adjacent to an activating group) is 1. The van der Waals surface area contributed by atoms with Crippen molar-refractivity contribution in [3.63, 3.8) is 0 Å². The number of rotatable bonds is 4. The molecule has 1 aliphatic rings. The van der Waals surface area contributed by atoms with Crippen molar-refractivity contribution < 1.29 is 4.79 Å². The van der Waals surface area contributed by atoms with Gasteiger partial charge in [0.1, 0.15) is 0 Å². The molecule has 2 amide bonds. The van der Waals surface area contributed by atoms with Gasteiger partial charge in [-0.3, -0.25) is 0 Å². The fraction of sp³-hybridized carbons (Fsp3) is 0.588. The van der Waals surface area contributed by atoms with Gasteiger partial charge >= 0.3 is 6.03 Å². The summed E-state index contributed by atoms with van der Waals surface area (Å²) >= 11 is 0. The van der Waals surface area contributed by atoms with E-state index < -0.39 is 0 Å². The lowest BCUT2D eigenvalue weighted by molar-refractivity contribution is 0.116. The Kier molecular flexibility index (Phi) is 5.62. The summed E-state index contributed by atoms with van der Waals surface area (Å²) in [6.45, 7) is 3.27. The normalized spacial score (nSPS) is 17.8. The van der Waals surface area contributed by atoms with Gasteiger partial charge in [-0.15, -0.1) is 0 Å². The zero-order valence-electron chi connectivity index (χ0n) is 13.0. The number of nitrogens with two attached hydrogens (primary N) is 1. The Bertz CT molecular complexity index is 439. The maximum Gasteiger partial charge on any atom is 0.322 e. The van der Waals surface area contributed by atoms with Crippen molar-refractivity contribution in [2.45, 2.75) is 51.0 Å². The van der Waals surface area contributed by atoms with Gasteiger partial charge in [0.2, 0.25) is 0 Å². The van der Waals surface area contributed by atoms with Crippen molar-refractivity contribution in [2.24, 2.45) is 5.73 Å². The molecule has 116 valence electrons. The number of carbonyl (C=O) groups is 1. The number of nitrogens with one attached hydrogen (secondary N) is 1. The Morgan fingerprint density at radius 1 is 1.19 bits per heavy atom. The summed E-state index contributed by atoms with van der Waals surface area (Å²) in [5.74, 6) is 0. The van der Waals surface area contributed by atoms with Crippen molar-refractivity contribution in [1.29, 1.82) is 0 Å². The minimum atomic E-state index is -0.176. The third-order valence-electron chi connectivity index (χ3n) is 4.57. The molecular weight excluding hydrogens is 262 g/mol. The lowest BCUT2D eigenvalue weighted by Gasteiger charge is -2.42. The van der Waals surface area contributed by atoms with Gasteiger partial charge in [-0.2, -0.15) is 0 Å². The first-order valence-corrected chi connectivity index (χ1v) is 8.05. The second kappa shape index (κ2) is 7.46. The molecule has 1 aromatic carbocycles. The van der Waals surface area contributed by atoms with Crippen molar-refractivity contribution in [3.8, 4) is 0 Å². The molecule has 0 radical (unpaired) electrons. The highest BCUT2D eigenvalue weighted by Crippen LogP contribution is 2.32. The van der Waals surface area contributed by atoms with E-state index in [1.54, 1.807) is 0 Å². The molecule has 0 spiro atoms. The van der Waals surface area contributed by atoms with Crippen LogP contribution in [0.25, 0.3) is 0 Å². The Morgan fingerprint density at radius 3 is 2.33 bits per heavy atom. The van der Waals surface area contributed by atoms with Gasteiger partial charge in [-0.05, 0) is 31.9 Å². The van der Waals surface area contributed by atoms with Gasteiger partial charge in [0.15, 0.2) is 0 Å². The largest absolute Gasteiger partial charge is 0.328 e. The first-order chi connectivity index (χ1) is 10.2. The molecule has 0 saturated heterocycles. The number of urea groups is 1. The average Bonchev–Trinajstić information content (AvgIpc) is 2.75. The molecule has 0 heterocycles. The Morgan fingerprint density at radius 2 is 1.81 bits per heavy atom. The van der Waals surface area contributed by atoms with Crippen molar-refractivity contribution in [2.75, 3.05) is 18.4 Å². The van der Waals surface area contributed by atoms with Crippen LogP contribution in [0.2, 0.25) is 0 Å². The van der Waals surface area contributed by atoms with Crippen LogP contribution in [0.5, 0.6) is 0 Å². The van der Waals surface area contributed by atoms with E-state index in [4.69, 9.17) is 5.73 Å². The van der Waals surface area contributed by atoms with Crippen LogP contribution in [0, 0.1) is 0 Å². The highest BCUT2D eigenvalue weighted by atomic mass is 16.2. The van der Waals surface area contributed by atoms with Gasteiger partial charge in [0.25, 0.3) is 0 Å². The van der Waals surface area contributed by atoms with Crippen molar-refractivity contribution in [3.05, 3.63) is 30.3 Å². The average molecular weight is 289 g/mol. The maximum absolute atomic E-state index is 12.7. The molecule has 1 aromatic rings. The summed E-state index contributed by atoms with van der Waals surface area (Å²) < 4.78 is 0. The molecular formula is C17H27N3O. The number of anilines is 1. The zero-order valence-corrected chi connectivity index (χ0v) is 13.0. The molecule has 4 nitrogen and oxygen atoms in total. The molecule has 3 N–H and O–H groups in total. The van der Waals surface area contributed by atoms with E-state index in [0.717, 1.165) is 31.4 Å². The summed E-state index contributed by atoms with van der Waals surface area (Å²) in [6.07, 6.45) is 6.84. The fourth-order valence-electron chi connectivity index (χ4n) is 3.38. The SMILES string of the molecule is CCN(C(=O)Nc1ccccc1)C1(CN)CCCCCC1. The molecule has 0 atom stereocenters. The first kappa shape index (κ1) is 15.8. The first-order valence-electron chi connectivity index (χ1n) is 8.05. The predicted octanol–water partition coefficient (Wildman–Crippen LogP) is 3.59. The topological polar surface area (TPSA) is 58.4 Å². The van der Waals surface area contributed by atoms with E-state index in [0.29, 0.717) is 13.1 Å². The van der Waals surface area contributed by atoms with Crippen LogP contribution in [0.15, 0.2) is 30.3 Å². The van der Waals surface area contributed by atoms with Crippen molar-refractivity contribution >= 4 is 11.7 Å². The second-order valence-electron chi connectivity index (χ2n) is 5.88.